The summed E-state index contributed by atoms with van der Waals surface area (Å²) in [5.41, 5.74) is 1.04. The minimum absolute atomic E-state index is 0.118. The van der Waals surface area contributed by atoms with Gasteiger partial charge in [0.1, 0.15) is 5.75 Å². The molecule has 0 heterocycles. The number of carbonyl (C=O) groups is 1. The highest BCUT2D eigenvalue weighted by atomic mass is 35.5. The fraction of sp³-hybridized carbons (Fsp3) is 0.588. The van der Waals surface area contributed by atoms with E-state index in [1.165, 1.54) is 0 Å². The van der Waals surface area contributed by atoms with Crippen LogP contribution in [0.15, 0.2) is 18.2 Å². The molecule has 4 nitrogen and oxygen atoms in total. The second-order valence-electron chi connectivity index (χ2n) is 4.87. The molecule has 132 valence electrons. The predicted octanol–water partition coefficient (Wildman–Crippen LogP) is 4.65. The SMILES string of the molecule is CCCOc1cc(NCC)ccc1Cl.CCN(C)C(=O)CCCl. The highest BCUT2D eigenvalue weighted by Crippen LogP contribution is 2.27. The summed E-state index contributed by atoms with van der Waals surface area (Å²) >= 11 is 11.3. The van der Waals surface area contributed by atoms with Gasteiger partial charge in [0.2, 0.25) is 5.91 Å². The molecule has 0 aromatic heterocycles. The number of ether oxygens (including phenoxy) is 1. The summed E-state index contributed by atoms with van der Waals surface area (Å²) in [7, 11) is 1.77. The molecule has 0 saturated carbocycles. The maximum atomic E-state index is 10.8. The summed E-state index contributed by atoms with van der Waals surface area (Å²) < 4.78 is 5.50. The Morgan fingerprint density at radius 1 is 1.30 bits per heavy atom. The third-order valence-corrected chi connectivity index (χ3v) is 3.48. The van der Waals surface area contributed by atoms with Crippen molar-refractivity contribution in [3.8, 4) is 5.75 Å². The summed E-state index contributed by atoms with van der Waals surface area (Å²) in [6.45, 7) is 8.43. The largest absolute Gasteiger partial charge is 0.492 e. The number of nitrogens with zero attached hydrogens (tertiary/aromatic N) is 1. The first-order chi connectivity index (χ1) is 11.0. The summed E-state index contributed by atoms with van der Waals surface area (Å²) in [5.74, 6) is 1.29. The molecule has 0 spiro atoms. The van der Waals surface area contributed by atoms with E-state index in [4.69, 9.17) is 27.9 Å². The lowest BCUT2D eigenvalue weighted by atomic mass is 10.3. The molecule has 1 aromatic rings. The number of nitrogens with one attached hydrogen (secondary N) is 1. The van der Waals surface area contributed by atoms with Gasteiger partial charge in [-0.15, -0.1) is 11.6 Å². The Balaban J connectivity index is 0.000000468. The van der Waals surface area contributed by atoms with Crippen LogP contribution in [-0.2, 0) is 4.79 Å². The van der Waals surface area contributed by atoms with E-state index in [-0.39, 0.29) is 5.91 Å². The third kappa shape index (κ3) is 9.57. The van der Waals surface area contributed by atoms with Gasteiger partial charge < -0.3 is 15.0 Å². The van der Waals surface area contributed by atoms with Crippen molar-refractivity contribution in [1.82, 2.24) is 4.90 Å². The summed E-state index contributed by atoms with van der Waals surface area (Å²) in [6, 6.07) is 5.73. The monoisotopic (exact) mass is 362 g/mol. The number of rotatable bonds is 8. The van der Waals surface area contributed by atoms with Crippen LogP contribution < -0.4 is 10.1 Å². The number of hydrogen-bond acceptors (Lipinski definition) is 3. The van der Waals surface area contributed by atoms with Gasteiger partial charge in [-0.25, -0.2) is 0 Å². The van der Waals surface area contributed by atoms with Crippen LogP contribution in [0.3, 0.4) is 0 Å². The van der Waals surface area contributed by atoms with Crippen LogP contribution in [0.25, 0.3) is 0 Å². The van der Waals surface area contributed by atoms with E-state index in [2.05, 4.69) is 19.2 Å². The Kier molecular flexibility index (Phi) is 12.7. The fourth-order valence-electron chi connectivity index (χ4n) is 1.59. The van der Waals surface area contributed by atoms with Crippen molar-refractivity contribution in [2.24, 2.45) is 0 Å². The van der Waals surface area contributed by atoms with Crippen molar-refractivity contribution < 1.29 is 9.53 Å². The zero-order valence-corrected chi connectivity index (χ0v) is 16.0. The number of alkyl halides is 1. The van der Waals surface area contributed by atoms with Gasteiger partial charge in [0, 0.05) is 44.2 Å². The quantitative estimate of drug-likeness (QED) is 0.684. The van der Waals surface area contributed by atoms with E-state index in [0.29, 0.717) is 23.9 Å². The number of benzene rings is 1. The molecule has 0 unspecified atom stereocenters. The highest BCUT2D eigenvalue weighted by molar-refractivity contribution is 6.32. The lowest BCUT2D eigenvalue weighted by Gasteiger charge is -2.12. The third-order valence-electron chi connectivity index (χ3n) is 2.98. The van der Waals surface area contributed by atoms with Gasteiger partial charge >= 0.3 is 0 Å². The minimum atomic E-state index is 0.118. The summed E-state index contributed by atoms with van der Waals surface area (Å²) in [4.78, 5) is 12.5. The number of carbonyl (C=O) groups excluding carboxylic acids is 1. The maximum absolute atomic E-state index is 10.8. The molecule has 0 saturated heterocycles. The first-order valence-electron chi connectivity index (χ1n) is 7.96. The van der Waals surface area contributed by atoms with E-state index in [1.54, 1.807) is 11.9 Å². The normalized spacial score (nSPS) is 9.65. The van der Waals surface area contributed by atoms with Crippen LogP contribution >= 0.6 is 23.2 Å². The van der Waals surface area contributed by atoms with Crippen molar-refractivity contribution in [3.05, 3.63) is 23.2 Å². The molecular weight excluding hydrogens is 335 g/mol. The van der Waals surface area contributed by atoms with E-state index >= 15 is 0 Å². The van der Waals surface area contributed by atoms with Crippen LogP contribution in [0.2, 0.25) is 5.02 Å². The molecule has 0 atom stereocenters. The minimum Gasteiger partial charge on any atom is -0.492 e. The standard InChI is InChI=1S/C11H16ClNO.C6H12ClNO/c1-3-7-14-11-8-9(13-4-2)5-6-10(11)12;1-3-8(2)6(9)4-5-7/h5-6,8,13H,3-4,7H2,1-2H3;3-5H2,1-2H3. The number of anilines is 1. The van der Waals surface area contributed by atoms with Crippen LogP contribution in [0.1, 0.15) is 33.6 Å². The number of hydrogen-bond donors (Lipinski definition) is 1. The molecular formula is C17H28Cl2N2O2. The molecule has 0 fully saturated rings. The number of amides is 1. The molecule has 0 aliphatic carbocycles. The van der Waals surface area contributed by atoms with E-state index in [0.717, 1.165) is 30.9 Å². The molecule has 0 aliphatic heterocycles. The lowest BCUT2D eigenvalue weighted by Crippen LogP contribution is -2.26. The Hall–Kier alpha value is -1.13. The van der Waals surface area contributed by atoms with Crippen molar-refractivity contribution in [2.75, 3.05) is 37.9 Å². The zero-order chi connectivity index (χ0) is 17.7. The smallest absolute Gasteiger partial charge is 0.223 e. The molecule has 0 aliphatic rings. The predicted molar refractivity (Wildman–Crippen MR) is 100 cm³/mol. The Morgan fingerprint density at radius 2 is 2.00 bits per heavy atom. The zero-order valence-electron chi connectivity index (χ0n) is 14.5. The lowest BCUT2D eigenvalue weighted by molar-refractivity contribution is -0.129. The molecule has 23 heavy (non-hydrogen) atoms. The molecule has 1 rings (SSSR count). The van der Waals surface area contributed by atoms with Crippen molar-refractivity contribution in [1.29, 1.82) is 0 Å². The van der Waals surface area contributed by atoms with E-state index < -0.39 is 0 Å². The topological polar surface area (TPSA) is 41.6 Å². The van der Waals surface area contributed by atoms with Crippen molar-refractivity contribution in [3.63, 3.8) is 0 Å². The first kappa shape index (κ1) is 21.9. The fourth-order valence-corrected chi connectivity index (χ4v) is 1.92. The molecule has 1 amide bonds. The first-order valence-corrected chi connectivity index (χ1v) is 8.87. The second-order valence-corrected chi connectivity index (χ2v) is 5.66. The van der Waals surface area contributed by atoms with Crippen LogP contribution in [0.5, 0.6) is 5.75 Å². The maximum Gasteiger partial charge on any atom is 0.223 e. The molecule has 1 aromatic carbocycles. The van der Waals surface area contributed by atoms with Gasteiger partial charge in [-0.2, -0.15) is 0 Å². The summed E-state index contributed by atoms with van der Waals surface area (Å²) in [5, 5.41) is 3.88. The van der Waals surface area contributed by atoms with E-state index in [1.807, 2.05) is 25.1 Å². The molecule has 0 bridgehead atoms. The highest BCUT2D eigenvalue weighted by Gasteiger charge is 2.03. The van der Waals surface area contributed by atoms with Crippen LogP contribution in [0, 0.1) is 0 Å². The molecule has 0 radical (unpaired) electrons. The summed E-state index contributed by atoms with van der Waals surface area (Å²) in [6.07, 6.45) is 1.44. The van der Waals surface area contributed by atoms with Gasteiger partial charge in [0.15, 0.2) is 0 Å². The Bertz CT molecular complexity index is 456. The van der Waals surface area contributed by atoms with Gasteiger partial charge in [0.25, 0.3) is 0 Å². The van der Waals surface area contributed by atoms with Crippen molar-refractivity contribution >= 4 is 34.8 Å². The molecule has 1 N–H and O–H groups in total. The van der Waals surface area contributed by atoms with Crippen LogP contribution in [0.4, 0.5) is 5.69 Å². The average molecular weight is 363 g/mol. The van der Waals surface area contributed by atoms with Gasteiger partial charge in [0.05, 0.1) is 11.6 Å². The Morgan fingerprint density at radius 3 is 2.52 bits per heavy atom. The van der Waals surface area contributed by atoms with Crippen LogP contribution in [-0.4, -0.2) is 43.4 Å². The van der Waals surface area contributed by atoms with Crippen molar-refractivity contribution in [2.45, 2.75) is 33.6 Å². The average Bonchev–Trinajstić information content (AvgIpc) is 2.55. The van der Waals surface area contributed by atoms with Gasteiger partial charge in [-0.05, 0) is 32.4 Å². The molecule has 6 heteroatoms. The Labute approximate surface area is 150 Å². The number of halogens is 2. The van der Waals surface area contributed by atoms with E-state index in [9.17, 15) is 4.79 Å². The second kappa shape index (κ2) is 13.3. The van der Waals surface area contributed by atoms with Gasteiger partial charge in [-0.1, -0.05) is 18.5 Å². The van der Waals surface area contributed by atoms with Gasteiger partial charge in [-0.3, -0.25) is 4.79 Å².